The van der Waals surface area contributed by atoms with E-state index in [0.717, 1.165) is 11.1 Å². The summed E-state index contributed by atoms with van der Waals surface area (Å²) in [7, 11) is 0. The minimum Gasteiger partial charge on any atom is -0.463 e. The Bertz CT molecular complexity index is 1110. The number of nitrogens with one attached hydrogen (secondary N) is 1. The Morgan fingerprint density at radius 1 is 1.29 bits per heavy atom. The number of amides is 2. The van der Waals surface area contributed by atoms with Gasteiger partial charge < -0.3 is 29.4 Å². The Morgan fingerprint density at radius 2 is 2.03 bits per heavy atom. The normalized spacial score (nSPS) is 18.1. The van der Waals surface area contributed by atoms with Crippen LogP contribution in [0.25, 0.3) is 11.5 Å². The van der Waals surface area contributed by atoms with E-state index in [9.17, 15) is 20.0 Å². The Hall–Kier alpha value is -3.42. The maximum absolute atomic E-state index is 12.5. The highest BCUT2D eigenvalue weighted by Crippen LogP contribution is 2.39. The van der Waals surface area contributed by atoms with Gasteiger partial charge in [0.15, 0.2) is 5.76 Å². The van der Waals surface area contributed by atoms with Gasteiger partial charge in [0.25, 0.3) is 0 Å². The average Bonchev–Trinajstić information content (AvgIpc) is 3.35. The van der Waals surface area contributed by atoms with Crippen molar-refractivity contribution in [1.82, 2.24) is 15.2 Å². The van der Waals surface area contributed by atoms with Crippen molar-refractivity contribution in [2.45, 2.75) is 45.5 Å². The van der Waals surface area contributed by atoms with E-state index in [1.165, 1.54) is 11.8 Å². The first kappa shape index (κ1) is 23.7. The molecule has 2 aromatic heterocycles. The molecule has 1 fully saturated rings. The van der Waals surface area contributed by atoms with Crippen molar-refractivity contribution in [2.75, 3.05) is 37.6 Å². The maximum Gasteiger partial charge on any atom is 0.312 e. The molecule has 0 radical (unpaired) electrons. The molecule has 34 heavy (non-hydrogen) atoms. The lowest BCUT2D eigenvalue weighted by atomic mass is 9.87. The number of nitriles is 1. The Labute approximate surface area is 198 Å². The number of anilines is 1. The molecule has 0 saturated carbocycles. The molecule has 2 aromatic rings. The Morgan fingerprint density at radius 3 is 2.65 bits per heavy atom. The Kier molecular flexibility index (Phi) is 6.59. The van der Waals surface area contributed by atoms with E-state index in [1.54, 1.807) is 12.3 Å². The number of ether oxygens (including phenoxy) is 1. The van der Waals surface area contributed by atoms with Gasteiger partial charge in [0.1, 0.15) is 17.6 Å². The van der Waals surface area contributed by atoms with Gasteiger partial charge >= 0.3 is 11.8 Å². The summed E-state index contributed by atoms with van der Waals surface area (Å²) < 4.78 is 11.6. The van der Waals surface area contributed by atoms with Gasteiger partial charge in [-0.3, -0.25) is 9.59 Å². The third-order valence-corrected chi connectivity index (χ3v) is 6.09. The third kappa shape index (κ3) is 4.76. The monoisotopic (exact) mass is 467 g/mol. The van der Waals surface area contributed by atoms with Gasteiger partial charge in [0, 0.05) is 44.7 Å². The summed E-state index contributed by atoms with van der Waals surface area (Å²) in [5.74, 6) is -0.208. The minimum atomic E-state index is -0.735. The molecule has 2 amide bonds. The van der Waals surface area contributed by atoms with Gasteiger partial charge in [-0.05, 0) is 38.5 Å². The first-order valence-corrected chi connectivity index (χ1v) is 11.3. The highest BCUT2D eigenvalue weighted by Gasteiger charge is 2.35. The van der Waals surface area contributed by atoms with Crippen molar-refractivity contribution in [3.05, 3.63) is 35.1 Å². The van der Waals surface area contributed by atoms with Gasteiger partial charge in [-0.2, -0.15) is 5.26 Å². The van der Waals surface area contributed by atoms with Crippen LogP contribution < -0.4 is 10.2 Å². The molecule has 10 nitrogen and oxygen atoms in total. The largest absolute Gasteiger partial charge is 0.463 e. The molecule has 4 heterocycles. The van der Waals surface area contributed by atoms with Crippen molar-refractivity contribution in [3.8, 4) is 17.5 Å². The van der Waals surface area contributed by atoms with Crippen LogP contribution in [0.2, 0.25) is 0 Å². The van der Waals surface area contributed by atoms with E-state index in [0.29, 0.717) is 62.0 Å². The lowest BCUT2D eigenvalue weighted by Gasteiger charge is -2.38. The van der Waals surface area contributed by atoms with E-state index < -0.39 is 23.5 Å². The number of aromatic nitrogens is 1. The standard InChI is InChI=1S/C24H29N5O5/c1-15(30)13-26-22(31)23(32)29-8-6-28(7-9-29)21-17(12-25)16-11-24(2,3)34-14-18(16)20(27-21)19-5-4-10-33-19/h4-5,10,15,30H,6-9,11,13-14H2,1-3H3,(H,26,31)/t15-/m0/s1. The molecular formula is C24H29N5O5. The summed E-state index contributed by atoms with van der Waals surface area (Å²) in [6.45, 7) is 7.36. The summed E-state index contributed by atoms with van der Waals surface area (Å²) in [4.78, 5) is 32.9. The van der Waals surface area contributed by atoms with E-state index in [1.807, 2.05) is 24.8 Å². The van der Waals surface area contributed by atoms with Crippen LogP contribution in [-0.2, 0) is 27.4 Å². The molecule has 0 aliphatic carbocycles. The van der Waals surface area contributed by atoms with Crippen molar-refractivity contribution in [2.24, 2.45) is 0 Å². The smallest absolute Gasteiger partial charge is 0.312 e. The second-order valence-corrected chi connectivity index (χ2v) is 9.27. The number of hydrogen-bond donors (Lipinski definition) is 2. The molecule has 0 unspecified atom stereocenters. The van der Waals surface area contributed by atoms with E-state index in [4.69, 9.17) is 14.1 Å². The number of aliphatic hydroxyl groups excluding tert-OH is 1. The number of furan rings is 1. The molecule has 10 heteroatoms. The van der Waals surface area contributed by atoms with Gasteiger partial charge in [0.2, 0.25) is 0 Å². The fourth-order valence-corrected chi connectivity index (χ4v) is 4.30. The van der Waals surface area contributed by atoms with Crippen LogP contribution in [0.1, 0.15) is 37.5 Å². The number of pyridine rings is 1. The predicted octanol–water partition coefficient (Wildman–Crippen LogP) is 1.21. The molecule has 2 aliphatic rings. The molecule has 4 rings (SSSR count). The first-order chi connectivity index (χ1) is 16.2. The maximum atomic E-state index is 12.5. The number of carbonyl (C=O) groups excluding carboxylic acids is 2. The molecular weight excluding hydrogens is 438 g/mol. The van der Waals surface area contributed by atoms with Crippen LogP contribution in [0, 0.1) is 11.3 Å². The molecule has 2 N–H and O–H groups in total. The summed E-state index contributed by atoms with van der Waals surface area (Å²) in [5, 5.41) is 21.8. The zero-order chi connectivity index (χ0) is 24.5. The minimum absolute atomic E-state index is 0.0186. The van der Waals surface area contributed by atoms with Gasteiger partial charge in [-0.15, -0.1) is 0 Å². The zero-order valence-corrected chi connectivity index (χ0v) is 19.6. The molecule has 180 valence electrons. The second-order valence-electron chi connectivity index (χ2n) is 9.27. The van der Waals surface area contributed by atoms with Gasteiger partial charge in [-0.25, -0.2) is 4.98 Å². The van der Waals surface area contributed by atoms with Gasteiger partial charge in [0.05, 0.1) is 30.1 Å². The van der Waals surface area contributed by atoms with Crippen LogP contribution in [-0.4, -0.2) is 71.2 Å². The first-order valence-electron chi connectivity index (χ1n) is 11.3. The summed E-state index contributed by atoms with van der Waals surface area (Å²) in [5.41, 5.74) is 2.52. The van der Waals surface area contributed by atoms with Crippen molar-refractivity contribution < 1.29 is 23.8 Å². The quantitative estimate of drug-likeness (QED) is 0.642. The van der Waals surface area contributed by atoms with Gasteiger partial charge in [-0.1, -0.05) is 0 Å². The summed E-state index contributed by atoms with van der Waals surface area (Å²) >= 11 is 0. The molecule has 1 saturated heterocycles. The lowest BCUT2D eigenvalue weighted by molar-refractivity contribution is -0.146. The fourth-order valence-electron chi connectivity index (χ4n) is 4.30. The van der Waals surface area contributed by atoms with Crippen molar-refractivity contribution in [1.29, 1.82) is 5.26 Å². The SMILES string of the molecule is C[C@H](O)CNC(=O)C(=O)N1CCN(c2nc(-c3ccco3)c3c(c2C#N)CC(C)(C)OC3)CC1. The Balaban J connectivity index is 1.60. The molecule has 2 aliphatic heterocycles. The number of rotatable bonds is 4. The summed E-state index contributed by atoms with van der Waals surface area (Å²) in [6.07, 6.45) is 1.42. The number of aliphatic hydroxyl groups is 1. The molecule has 0 aromatic carbocycles. The topological polar surface area (TPSA) is 132 Å². The second kappa shape index (κ2) is 9.44. The van der Waals surface area contributed by atoms with E-state index in [-0.39, 0.29) is 6.54 Å². The number of nitrogens with zero attached hydrogens (tertiary/aromatic N) is 4. The van der Waals surface area contributed by atoms with Crippen LogP contribution >= 0.6 is 0 Å². The summed E-state index contributed by atoms with van der Waals surface area (Å²) in [6, 6.07) is 5.98. The van der Waals surface area contributed by atoms with Crippen LogP contribution in [0.3, 0.4) is 0 Å². The van der Waals surface area contributed by atoms with Crippen LogP contribution in [0.4, 0.5) is 5.82 Å². The highest BCUT2D eigenvalue weighted by atomic mass is 16.5. The van der Waals surface area contributed by atoms with E-state index in [2.05, 4.69) is 11.4 Å². The predicted molar refractivity (Wildman–Crippen MR) is 123 cm³/mol. The van der Waals surface area contributed by atoms with Crippen LogP contribution in [0.5, 0.6) is 0 Å². The fraction of sp³-hybridized carbons (Fsp3) is 0.500. The van der Waals surface area contributed by atoms with Crippen LogP contribution in [0.15, 0.2) is 22.8 Å². The number of piperazine rings is 1. The third-order valence-electron chi connectivity index (χ3n) is 6.09. The number of carbonyl (C=O) groups is 2. The van der Waals surface area contributed by atoms with E-state index >= 15 is 0 Å². The highest BCUT2D eigenvalue weighted by molar-refractivity contribution is 6.35. The molecule has 0 bridgehead atoms. The van der Waals surface area contributed by atoms with Crippen molar-refractivity contribution >= 4 is 17.6 Å². The average molecular weight is 468 g/mol. The van der Waals surface area contributed by atoms with Crippen molar-refractivity contribution in [3.63, 3.8) is 0 Å². The number of hydrogen-bond acceptors (Lipinski definition) is 8. The zero-order valence-electron chi connectivity index (χ0n) is 19.6. The lowest BCUT2D eigenvalue weighted by Crippen LogP contribution is -2.53. The molecule has 0 spiro atoms. The molecule has 1 atom stereocenters. The number of fused-ring (bicyclic) bond motifs is 1.